The number of phenols is 1. The van der Waals surface area contributed by atoms with Crippen molar-refractivity contribution >= 4 is 22.7 Å². The molecule has 0 spiro atoms. The number of hydrogen-bond donors (Lipinski definition) is 3. The first-order valence-corrected chi connectivity index (χ1v) is 6.78. The molecular weight excluding hydrogens is 260 g/mol. The van der Waals surface area contributed by atoms with Crippen LogP contribution >= 0.6 is 0 Å². The molecular formula is C18H16N2O. The zero-order chi connectivity index (χ0) is 14.5. The third-order valence-electron chi connectivity index (χ3n) is 3.11. The van der Waals surface area contributed by atoms with Gasteiger partial charge in [0.05, 0.1) is 5.69 Å². The Balaban J connectivity index is 1.77. The molecule has 0 radical (unpaired) electrons. The predicted molar refractivity (Wildman–Crippen MR) is 87.6 cm³/mol. The standard InChI is InChI=1S/C18H16N2O/c21-18-13-16(19-14-7-3-1-4-8-14)11-12-17(18)20-15-9-5-2-6-10-15/h1-13,19-21H. The van der Waals surface area contributed by atoms with Gasteiger partial charge in [0.1, 0.15) is 5.75 Å². The van der Waals surface area contributed by atoms with Gasteiger partial charge >= 0.3 is 0 Å². The van der Waals surface area contributed by atoms with Crippen LogP contribution < -0.4 is 10.6 Å². The SMILES string of the molecule is Oc1cc(Nc2ccccc2)ccc1Nc1ccccc1. The average Bonchev–Trinajstić information content (AvgIpc) is 2.52. The number of rotatable bonds is 4. The number of aromatic hydroxyl groups is 1. The number of para-hydroxylation sites is 2. The van der Waals surface area contributed by atoms with Crippen LogP contribution in [0.2, 0.25) is 0 Å². The van der Waals surface area contributed by atoms with Gasteiger partial charge in [-0.3, -0.25) is 0 Å². The zero-order valence-electron chi connectivity index (χ0n) is 11.5. The Kier molecular flexibility index (Phi) is 3.74. The Hall–Kier alpha value is -2.94. The van der Waals surface area contributed by atoms with Crippen LogP contribution in [0.5, 0.6) is 5.75 Å². The largest absolute Gasteiger partial charge is 0.506 e. The minimum absolute atomic E-state index is 0.208. The maximum atomic E-state index is 10.1. The molecule has 3 N–H and O–H groups in total. The second kappa shape index (κ2) is 6.01. The van der Waals surface area contributed by atoms with Crippen molar-refractivity contribution in [1.29, 1.82) is 0 Å². The number of anilines is 4. The van der Waals surface area contributed by atoms with Crippen LogP contribution in [0.15, 0.2) is 78.9 Å². The van der Waals surface area contributed by atoms with Gasteiger partial charge in [0.2, 0.25) is 0 Å². The smallest absolute Gasteiger partial charge is 0.141 e. The quantitative estimate of drug-likeness (QED) is 0.595. The van der Waals surface area contributed by atoms with E-state index >= 15 is 0 Å². The minimum Gasteiger partial charge on any atom is -0.506 e. The Bertz CT molecular complexity index is 712. The van der Waals surface area contributed by atoms with Gasteiger partial charge in [-0.05, 0) is 36.4 Å². The summed E-state index contributed by atoms with van der Waals surface area (Å²) in [4.78, 5) is 0. The minimum atomic E-state index is 0.208. The molecule has 0 unspecified atom stereocenters. The molecule has 3 nitrogen and oxygen atoms in total. The third kappa shape index (κ3) is 3.34. The third-order valence-corrected chi connectivity index (χ3v) is 3.11. The van der Waals surface area contributed by atoms with E-state index in [1.807, 2.05) is 72.8 Å². The first-order chi connectivity index (χ1) is 10.3. The van der Waals surface area contributed by atoms with Gasteiger partial charge in [-0.15, -0.1) is 0 Å². The lowest BCUT2D eigenvalue weighted by molar-refractivity contribution is 0.478. The van der Waals surface area contributed by atoms with Crippen molar-refractivity contribution in [2.75, 3.05) is 10.6 Å². The zero-order valence-corrected chi connectivity index (χ0v) is 11.5. The van der Waals surface area contributed by atoms with Gasteiger partial charge in [-0.1, -0.05) is 36.4 Å². The highest BCUT2D eigenvalue weighted by molar-refractivity contribution is 5.71. The van der Waals surface area contributed by atoms with Crippen LogP contribution in [0.3, 0.4) is 0 Å². The molecule has 0 atom stereocenters. The van der Waals surface area contributed by atoms with Crippen LogP contribution in [0.25, 0.3) is 0 Å². The maximum absolute atomic E-state index is 10.1. The monoisotopic (exact) mass is 276 g/mol. The second-order valence-electron chi connectivity index (χ2n) is 4.71. The molecule has 0 bridgehead atoms. The Labute approximate surface area is 123 Å². The summed E-state index contributed by atoms with van der Waals surface area (Å²) in [7, 11) is 0. The Morgan fingerprint density at radius 1 is 0.571 bits per heavy atom. The summed E-state index contributed by atoms with van der Waals surface area (Å²) in [5.41, 5.74) is 3.45. The summed E-state index contributed by atoms with van der Waals surface area (Å²) in [5.74, 6) is 0.208. The predicted octanol–water partition coefficient (Wildman–Crippen LogP) is 4.88. The van der Waals surface area contributed by atoms with Crippen LogP contribution in [0, 0.1) is 0 Å². The average molecular weight is 276 g/mol. The van der Waals surface area contributed by atoms with Crippen molar-refractivity contribution in [3.05, 3.63) is 78.9 Å². The lowest BCUT2D eigenvalue weighted by atomic mass is 10.2. The number of nitrogens with one attached hydrogen (secondary N) is 2. The van der Waals surface area contributed by atoms with E-state index in [1.165, 1.54) is 0 Å². The summed E-state index contributed by atoms with van der Waals surface area (Å²) in [6.07, 6.45) is 0. The molecule has 3 aromatic carbocycles. The first kappa shape index (κ1) is 13.1. The number of phenolic OH excluding ortho intramolecular Hbond substituents is 1. The van der Waals surface area contributed by atoms with Crippen molar-refractivity contribution in [3.63, 3.8) is 0 Å². The van der Waals surface area contributed by atoms with E-state index < -0.39 is 0 Å². The van der Waals surface area contributed by atoms with Gasteiger partial charge in [0.25, 0.3) is 0 Å². The van der Waals surface area contributed by atoms with Crippen LogP contribution in [0.1, 0.15) is 0 Å². The van der Waals surface area contributed by atoms with Gasteiger partial charge in [0.15, 0.2) is 0 Å². The molecule has 0 saturated carbocycles. The lowest BCUT2D eigenvalue weighted by Gasteiger charge is -2.11. The van der Waals surface area contributed by atoms with Gasteiger partial charge in [-0.2, -0.15) is 0 Å². The summed E-state index contributed by atoms with van der Waals surface area (Å²) in [6, 6.07) is 25.1. The fourth-order valence-corrected chi connectivity index (χ4v) is 2.08. The van der Waals surface area contributed by atoms with E-state index in [-0.39, 0.29) is 5.75 Å². The lowest BCUT2D eigenvalue weighted by Crippen LogP contribution is -1.93. The molecule has 0 aromatic heterocycles. The molecule has 3 heteroatoms. The van der Waals surface area contributed by atoms with Crippen LogP contribution in [-0.4, -0.2) is 5.11 Å². The van der Waals surface area contributed by atoms with E-state index in [2.05, 4.69) is 10.6 Å². The molecule has 3 rings (SSSR count). The molecule has 0 aliphatic carbocycles. The van der Waals surface area contributed by atoms with Gasteiger partial charge in [0, 0.05) is 23.1 Å². The van der Waals surface area contributed by atoms with Crippen LogP contribution in [-0.2, 0) is 0 Å². The van der Waals surface area contributed by atoms with Crippen molar-refractivity contribution in [3.8, 4) is 5.75 Å². The maximum Gasteiger partial charge on any atom is 0.141 e. The van der Waals surface area contributed by atoms with Gasteiger partial charge in [-0.25, -0.2) is 0 Å². The Morgan fingerprint density at radius 2 is 1.14 bits per heavy atom. The van der Waals surface area contributed by atoms with E-state index in [1.54, 1.807) is 6.07 Å². The molecule has 21 heavy (non-hydrogen) atoms. The van der Waals surface area contributed by atoms with Crippen molar-refractivity contribution in [1.82, 2.24) is 0 Å². The number of benzene rings is 3. The molecule has 0 saturated heterocycles. The molecule has 104 valence electrons. The molecule has 0 amide bonds. The Morgan fingerprint density at radius 3 is 1.71 bits per heavy atom. The first-order valence-electron chi connectivity index (χ1n) is 6.78. The van der Waals surface area contributed by atoms with E-state index in [0.29, 0.717) is 5.69 Å². The summed E-state index contributed by atoms with van der Waals surface area (Å²) in [6.45, 7) is 0. The molecule has 0 fully saturated rings. The van der Waals surface area contributed by atoms with Gasteiger partial charge < -0.3 is 15.7 Å². The fourth-order valence-electron chi connectivity index (χ4n) is 2.08. The van der Waals surface area contributed by atoms with Crippen molar-refractivity contribution in [2.45, 2.75) is 0 Å². The topological polar surface area (TPSA) is 44.3 Å². The molecule has 0 aliphatic heterocycles. The highest BCUT2D eigenvalue weighted by Crippen LogP contribution is 2.30. The molecule has 0 aliphatic rings. The molecule has 0 heterocycles. The number of hydrogen-bond acceptors (Lipinski definition) is 3. The highest BCUT2D eigenvalue weighted by Gasteiger charge is 2.03. The molecule has 3 aromatic rings. The summed E-state index contributed by atoms with van der Waals surface area (Å²) < 4.78 is 0. The van der Waals surface area contributed by atoms with Crippen molar-refractivity contribution in [2.24, 2.45) is 0 Å². The fraction of sp³-hybridized carbons (Fsp3) is 0. The van der Waals surface area contributed by atoms with Crippen LogP contribution in [0.4, 0.5) is 22.7 Å². The highest BCUT2D eigenvalue weighted by atomic mass is 16.3. The second-order valence-corrected chi connectivity index (χ2v) is 4.71. The normalized spacial score (nSPS) is 10.1. The van der Waals surface area contributed by atoms with E-state index in [0.717, 1.165) is 17.1 Å². The van der Waals surface area contributed by atoms with E-state index in [4.69, 9.17) is 0 Å². The van der Waals surface area contributed by atoms with E-state index in [9.17, 15) is 5.11 Å². The summed E-state index contributed by atoms with van der Waals surface area (Å²) in [5, 5.41) is 16.6. The summed E-state index contributed by atoms with van der Waals surface area (Å²) >= 11 is 0. The van der Waals surface area contributed by atoms with Crippen molar-refractivity contribution < 1.29 is 5.11 Å².